The summed E-state index contributed by atoms with van der Waals surface area (Å²) in [5, 5.41) is 0. The van der Waals surface area contributed by atoms with Gasteiger partial charge < -0.3 is 9.64 Å². The monoisotopic (exact) mass is 338 g/mol. The third kappa shape index (κ3) is 3.67. The summed E-state index contributed by atoms with van der Waals surface area (Å²) in [6.45, 7) is 0.755. The Balaban J connectivity index is 1.60. The lowest BCUT2D eigenvalue weighted by Gasteiger charge is -2.17. The zero-order chi connectivity index (χ0) is 16.4. The van der Waals surface area contributed by atoms with Gasteiger partial charge in [0.15, 0.2) is 0 Å². The molecule has 1 saturated heterocycles. The minimum atomic E-state index is -3.52. The largest absolute Gasteiger partial charge is 0.444 e. The zero-order valence-corrected chi connectivity index (χ0v) is 14.1. The molecule has 0 aromatic heterocycles. The van der Waals surface area contributed by atoms with Gasteiger partial charge in [0.25, 0.3) is 0 Å². The summed E-state index contributed by atoms with van der Waals surface area (Å²) in [6.07, 6.45) is 4.13. The average molecular weight is 338 g/mol. The number of nitrogens with one attached hydrogen (secondary N) is 1. The number of nitrogens with zero attached hydrogens (tertiary/aromatic N) is 1. The molecule has 1 heterocycles. The number of cyclic esters (lactones) is 1. The minimum Gasteiger partial charge on any atom is -0.444 e. The topological polar surface area (TPSA) is 75.7 Å². The summed E-state index contributed by atoms with van der Waals surface area (Å²) in [4.78, 5) is 13.1. The van der Waals surface area contributed by atoms with E-state index in [9.17, 15) is 13.2 Å². The first-order valence-corrected chi connectivity index (χ1v) is 9.47. The summed E-state index contributed by atoms with van der Waals surface area (Å²) in [6, 6.07) is 5.40. The van der Waals surface area contributed by atoms with E-state index < -0.39 is 10.0 Å². The van der Waals surface area contributed by atoms with Crippen LogP contribution in [0, 0.1) is 0 Å². The molecule has 1 amide bonds. The second-order valence-corrected chi connectivity index (χ2v) is 7.98. The number of amides is 1. The highest BCUT2D eigenvalue weighted by molar-refractivity contribution is 7.89. The number of rotatable bonds is 5. The Kier molecular flexibility index (Phi) is 4.59. The Morgan fingerprint density at radius 2 is 2.00 bits per heavy atom. The van der Waals surface area contributed by atoms with Crippen molar-refractivity contribution in [2.24, 2.45) is 0 Å². The van der Waals surface area contributed by atoms with Gasteiger partial charge in [-0.05, 0) is 55.4 Å². The van der Waals surface area contributed by atoms with E-state index in [4.69, 9.17) is 4.74 Å². The zero-order valence-electron chi connectivity index (χ0n) is 13.2. The number of likely N-dealkylation sites (N-methyl/N-ethyl adjacent to an activating group) is 1. The third-order valence-corrected chi connectivity index (χ3v) is 5.90. The van der Waals surface area contributed by atoms with Crippen LogP contribution in [0.25, 0.3) is 0 Å². The van der Waals surface area contributed by atoms with Crippen molar-refractivity contribution >= 4 is 16.1 Å². The number of carbonyl (C=O) groups is 1. The molecule has 6 nitrogen and oxygen atoms in total. The maximum absolute atomic E-state index is 12.4. The normalized spacial score (nSPS) is 21.2. The highest BCUT2D eigenvalue weighted by Crippen LogP contribution is 2.24. The standard InChI is InChI=1S/C16H22N2O4S/c1-18-11-14(22-16(18)19)8-9-17-23(20,21)15-7-6-12-4-2-3-5-13(12)10-15/h6-7,10,14,17H,2-5,8-9,11H2,1H3. The van der Waals surface area contributed by atoms with Crippen LogP contribution in [0.4, 0.5) is 4.79 Å². The van der Waals surface area contributed by atoms with Crippen LogP contribution in [0.5, 0.6) is 0 Å². The molecule has 0 bridgehead atoms. The molecule has 1 fully saturated rings. The van der Waals surface area contributed by atoms with Gasteiger partial charge in [0, 0.05) is 13.6 Å². The molecule has 1 aromatic carbocycles. The fourth-order valence-corrected chi connectivity index (χ4v) is 4.21. The molecule has 23 heavy (non-hydrogen) atoms. The maximum Gasteiger partial charge on any atom is 0.409 e. The van der Waals surface area contributed by atoms with E-state index in [-0.39, 0.29) is 18.7 Å². The molecule has 1 N–H and O–H groups in total. The van der Waals surface area contributed by atoms with Gasteiger partial charge in [-0.3, -0.25) is 0 Å². The fourth-order valence-electron chi connectivity index (χ4n) is 3.11. The number of ether oxygens (including phenoxy) is 1. The quantitative estimate of drug-likeness (QED) is 0.886. The number of benzene rings is 1. The number of fused-ring (bicyclic) bond motifs is 1. The molecule has 2 aliphatic rings. The predicted molar refractivity (Wildman–Crippen MR) is 85.8 cm³/mol. The molecule has 1 unspecified atom stereocenters. The summed E-state index contributed by atoms with van der Waals surface area (Å²) < 4.78 is 32.5. The van der Waals surface area contributed by atoms with E-state index in [2.05, 4.69) is 4.72 Å². The molecule has 1 aliphatic heterocycles. The average Bonchev–Trinajstić information content (AvgIpc) is 2.85. The van der Waals surface area contributed by atoms with Crippen LogP contribution in [0.1, 0.15) is 30.4 Å². The third-order valence-electron chi connectivity index (χ3n) is 4.45. The number of sulfonamides is 1. The minimum absolute atomic E-state index is 0.251. The number of carbonyl (C=O) groups excluding carboxylic acids is 1. The SMILES string of the molecule is CN1CC(CCNS(=O)(=O)c2ccc3c(c2)CCCC3)OC1=O. The predicted octanol–water partition coefficient (Wildman–Crippen LogP) is 1.68. The van der Waals surface area contributed by atoms with Crippen molar-refractivity contribution in [3.8, 4) is 0 Å². The van der Waals surface area contributed by atoms with Crippen molar-refractivity contribution in [3.05, 3.63) is 29.3 Å². The van der Waals surface area contributed by atoms with Gasteiger partial charge in [0.2, 0.25) is 10.0 Å². The number of hydrogen-bond acceptors (Lipinski definition) is 4. The van der Waals surface area contributed by atoms with Crippen LogP contribution in [0.2, 0.25) is 0 Å². The molecule has 0 radical (unpaired) electrons. The lowest BCUT2D eigenvalue weighted by atomic mass is 9.92. The van der Waals surface area contributed by atoms with Crippen molar-refractivity contribution in [2.75, 3.05) is 20.1 Å². The molecule has 0 spiro atoms. The van der Waals surface area contributed by atoms with Crippen molar-refractivity contribution in [1.29, 1.82) is 0 Å². The van der Waals surface area contributed by atoms with Crippen LogP contribution in [0.15, 0.2) is 23.1 Å². The van der Waals surface area contributed by atoms with E-state index >= 15 is 0 Å². The van der Waals surface area contributed by atoms with E-state index in [1.54, 1.807) is 19.2 Å². The Morgan fingerprint density at radius 1 is 1.26 bits per heavy atom. The highest BCUT2D eigenvalue weighted by Gasteiger charge is 2.28. The van der Waals surface area contributed by atoms with Gasteiger partial charge in [-0.2, -0.15) is 0 Å². The molecule has 1 atom stereocenters. The lowest BCUT2D eigenvalue weighted by Crippen LogP contribution is -2.28. The van der Waals surface area contributed by atoms with E-state index in [1.165, 1.54) is 16.9 Å². The fraction of sp³-hybridized carbons (Fsp3) is 0.562. The van der Waals surface area contributed by atoms with Crippen molar-refractivity contribution in [1.82, 2.24) is 9.62 Å². The van der Waals surface area contributed by atoms with Crippen molar-refractivity contribution < 1.29 is 17.9 Å². The molecule has 1 aliphatic carbocycles. The lowest BCUT2D eigenvalue weighted by molar-refractivity contribution is 0.131. The van der Waals surface area contributed by atoms with E-state index in [1.807, 2.05) is 6.07 Å². The summed E-state index contributed by atoms with van der Waals surface area (Å²) in [7, 11) is -1.85. The van der Waals surface area contributed by atoms with Gasteiger partial charge in [-0.1, -0.05) is 6.07 Å². The van der Waals surface area contributed by atoms with Crippen LogP contribution in [-0.4, -0.2) is 45.7 Å². The van der Waals surface area contributed by atoms with Gasteiger partial charge in [-0.25, -0.2) is 17.9 Å². The molecule has 126 valence electrons. The van der Waals surface area contributed by atoms with Crippen LogP contribution >= 0.6 is 0 Å². The Bertz CT molecular complexity index is 702. The molecule has 7 heteroatoms. The van der Waals surface area contributed by atoms with Gasteiger partial charge >= 0.3 is 6.09 Å². The first kappa shape index (κ1) is 16.3. The maximum atomic E-state index is 12.4. The van der Waals surface area contributed by atoms with Crippen LogP contribution in [0.3, 0.4) is 0 Å². The first-order chi connectivity index (χ1) is 11.0. The van der Waals surface area contributed by atoms with Crippen LogP contribution in [-0.2, 0) is 27.6 Å². The van der Waals surface area contributed by atoms with Gasteiger partial charge in [0.05, 0.1) is 11.4 Å². The van der Waals surface area contributed by atoms with E-state index in [0.717, 1.165) is 24.8 Å². The number of aryl methyl sites for hydroxylation is 2. The summed E-state index contributed by atoms with van der Waals surface area (Å²) in [5.74, 6) is 0. The second kappa shape index (κ2) is 6.49. The van der Waals surface area contributed by atoms with Gasteiger partial charge in [0.1, 0.15) is 6.10 Å². The van der Waals surface area contributed by atoms with Gasteiger partial charge in [-0.15, -0.1) is 0 Å². The summed E-state index contributed by atoms with van der Waals surface area (Å²) >= 11 is 0. The Labute approximate surface area is 136 Å². The van der Waals surface area contributed by atoms with Crippen molar-refractivity contribution in [2.45, 2.75) is 43.1 Å². The summed E-state index contributed by atoms with van der Waals surface area (Å²) in [5.41, 5.74) is 2.40. The Hall–Kier alpha value is -1.60. The molecule has 0 saturated carbocycles. The van der Waals surface area contributed by atoms with Crippen LogP contribution < -0.4 is 4.72 Å². The molecule has 1 aromatic rings. The number of hydrogen-bond donors (Lipinski definition) is 1. The molecular weight excluding hydrogens is 316 g/mol. The molecular formula is C16H22N2O4S. The van der Waals surface area contributed by atoms with E-state index in [0.29, 0.717) is 17.9 Å². The highest BCUT2D eigenvalue weighted by atomic mass is 32.2. The first-order valence-electron chi connectivity index (χ1n) is 7.99. The smallest absolute Gasteiger partial charge is 0.409 e. The second-order valence-electron chi connectivity index (χ2n) is 6.21. The Morgan fingerprint density at radius 3 is 2.70 bits per heavy atom. The van der Waals surface area contributed by atoms with Crippen molar-refractivity contribution in [3.63, 3.8) is 0 Å². The molecule has 3 rings (SSSR count).